The molecular formula is C35H58N2O7. The van der Waals surface area contributed by atoms with Crippen molar-refractivity contribution < 1.29 is 34.0 Å². The smallest absolute Gasteiger partial charge is 0.407 e. The average molecular weight is 619 g/mol. The van der Waals surface area contributed by atoms with Crippen LogP contribution in [0.1, 0.15) is 107 Å². The summed E-state index contributed by atoms with van der Waals surface area (Å²) in [5.41, 5.74) is 4.19. The van der Waals surface area contributed by atoms with Crippen molar-refractivity contribution in [3.63, 3.8) is 0 Å². The average Bonchev–Trinajstić information content (AvgIpc) is 3.56. The molecule has 5 N–H and O–H groups in total. The third-order valence-corrected chi connectivity index (χ3v) is 14.8. The fourth-order valence-electron chi connectivity index (χ4n) is 12.9. The van der Waals surface area contributed by atoms with Crippen LogP contribution in [-0.2, 0) is 19.0 Å². The van der Waals surface area contributed by atoms with E-state index in [0.717, 1.165) is 32.1 Å². The summed E-state index contributed by atoms with van der Waals surface area (Å²) in [7, 11) is 0. The summed E-state index contributed by atoms with van der Waals surface area (Å²) in [6, 6.07) is 0. The highest BCUT2D eigenvalue weighted by molar-refractivity contribution is 5.67. The summed E-state index contributed by atoms with van der Waals surface area (Å²) >= 11 is 0. The lowest BCUT2D eigenvalue weighted by Crippen LogP contribution is -2.60. The van der Waals surface area contributed by atoms with Crippen LogP contribution in [0.4, 0.5) is 4.79 Å². The summed E-state index contributed by atoms with van der Waals surface area (Å²) in [6.45, 7) is 17.1. The van der Waals surface area contributed by atoms with Crippen molar-refractivity contribution in [2.24, 2.45) is 56.5 Å². The highest BCUT2D eigenvalue weighted by Gasteiger charge is 2.84. The molecule has 44 heavy (non-hydrogen) atoms. The van der Waals surface area contributed by atoms with Crippen molar-refractivity contribution in [3.05, 3.63) is 0 Å². The second-order valence-corrected chi connectivity index (χ2v) is 17.3. The molecule has 0 aromatic rings. The second kappa shape index (κ2) is 10.3. The van der Waals surface area contributed by atoms with Gasteiger partial charge in [-0.05, 0) is 105 Å². The van der Waals surface area contributed by atoms with Crippen molar-refractivity contribution in [1.29, 1.82) is 0 Å². The molecule has 0 aromatic carbocycles. The van der Waals surface area contributed by atoms with Gasteiger partial charge in [0, 0.05) is 30.8 Å². The standard InChI is InChI=1S/C35H58N2O7/c1-19-17-21(28(31(5,6)41)42-20(2)38)43-26-25(19)32(7)13-14-35-18-34(35)12-11-24(44-29(40)37-16-15-36)30(3,4)22(34)9-10-23(35)33(32,8)27(26)39/h19,21-28,39,41H,9-18,36H2,1-8H3,(H,37,40)/t19-,21-,22+,23+,24+,25?,26+,27+,28+,32-,33-,34?,35+/m1/s1. The van der Waals surface area contributed by atoms with E-state index in [1.54, 1.807) is 13.8 Å². The van der Waals surface area contributed by atoms with E-state index in [1.807, 2.05) is 0 Å². The van der Waals surface area contributed by atoms with Crippen LogP contribution >= 0.6 is 0 Å². The van der Waals surface area contributed by atoms with Gasteiger partial charge in [0.2, 0.25) is 0 Å². The first-order valence-corrected chi connectivity index (χ1v) is 17.3. The van der Waals surface area contributed by atoms with Gasteiger partial charge in [-0.2, -0.15) is 0 Å². The maximum atomic E-state index is 12.5. The zero-order valence-corrected chi connectivity index (χ0v) is 28.3. The van der Waals surface area contributed by atoms with E-state index in [2.05, 4.69) is 39.9 Å². The van der Waals surface area contributed by atoms with Gasteiger partial charge in [-0.25, -0.2) is 4.79 Å². The molecule has 0 bridgehead atoms. The Morgan fingerprint density at radius 1 is 1.07 bits per heavy atom. The Labute approximate surface area is 263 Å². The monoisotopic (exact) mass is 618 g/mol. The number of ether oxygens (including phenoxy) is 3. The van der Waals surface area contributed by atoms with E-state index < -0.39 is 29.9 Å². The highest BCUT2D eigenvalue weighted by atomic mass is 16.6. The highest BCUT2D eigenvalue weighted by Crippen LogP contribution is 2.89. The molecule has 0 radical (unpaired) electrons. The van der Waals surface area contributed by atoms with Crippen molar-refractivity contribution in [3.8, 4) is 0 Å². The number of nitrogens with one attached hydrogen (secondary N) is 1. The van der Waals surface area contributed by atoms with E-state index in [-0.39, 0.29) is 57.2 Å². The predicted molar refractivity (Wildman–Crippen MR) is 165 cm³/mol. The molecule has 1 heterocycles. The van der Waals surface area contributed by atoms with Crippen molar-refractivity contribution in [1.82, 2.24) is 5.32 Å². The van der Waals surface area contributed by atoms with Gasteiger partial charge in [-0.1, -0.05) is 34.6 Å². The molecule has 9 nitrogen and oxygen atoms in total. The number of fused-ring (bicyclic) bond motifs is 4. The minimum Gasteiger partial charge on any atom is -0.457 e. The SMILES string of the molecule is CC(=O)O[C@@H]([C@H]1C[C@@H](C)C2[C@H](O1)[C@H](O)[C@@]1(C)[C@@H]3CC[C@H]4C(C)(C)[C@@H](OC(=O)NCCN)CCC45C[C@@]35CC[C@]21C)C(C)(C)O. The molecule has 5 aliphatic carbocycles. The van der Waals surface area contributed by atoms with Gasteiger partial charge in [0.1, 0.15) is 6.10 Å². The van der Waals surface area contributed by atoms with Crippen LogP contribution in [0.3, 0.4) is 0 Å². The van der Waals surface area contributed by atoms with Gasteiger partial charge in [0.15, 0.2) is 6.10 Å². The Kier molecular flexibility index (Phi) is 7.60. The molecule has 0 aromatic heterocycles. The zero-order valence-electron chi connectivity index (χ0n) is 28.3. The lowest BCUT2D eigenvalue weighted by Gasteiger charge is -2.63. The Hall–Kier alpha value is -1.42. The fraction of sp³-hybridized carbons (Fsp3) is 0.943. The van der Waals surface area contributed by atoms with E-state index in [0.29, 0.717) is 31.3 Å². The summed E-state index contributed by atoms with van der Waals surface area (Å²) < 4.78 is 18.5. The number of esters is 1. The van der Waals surface area contributed by atoms with E-state index >= 15 is 0 Å². The number of alkyl carbamates (subject to hydrolysis) is 1. The third kappa shape index (κ3) is 4.23. The topological polar surface area (TPSA) is 140 Å². The molecule has 2 spiro atoms. The first-order valence-electron chi connectivity index (χ1n) is 17.3. The van der Waals surface area contributed by atoms with Crippen LogP contribution in [0.15, 0.2) is 0 Å². The molecule has 1 aliphatic heterocycles. The maximum Gasteiger partial charge on any atom is 0.407 e. The summed E-state index contributed by atoms with van der Waals surface area (Å²) in [5, 5.41) is 26.2. The van der Waals surface area contributed by atoms with Crippen molar-refractivity contribution in [2.45, 2.75) is 143 Å². The van der Waals surface area contributed by atoms with Gasteiger partial charge in [-0.3, -0.25) is 4.79 Å². The van der Waals surface area contributed by atoms with Crippen LogP contribution in [0.25, 0.3) is 0 Å². The Bertz CT molecular complexity index is 1170. The lowest BCUT2D eigenvalue weighted by atomic mass is 9.41. The molecule has 1 amide bonds. The first kappa shape index (κ1) is 32.5. The number of nitrogens with two attached hydrogens (primary N) is 1. The van der Waals surface area contributed by atoms with Gasteiger partial charge < -0.3 is 35.5 Å². The number of hydrogen-bond acceptors (Lipinski definition) is 8. The minimum atomic E-state index is -1.27. The maximum absolute atomic E-state index is 12.5. The lowest BCUT2D eigenvalue weighted by molar-refractivity contribution is -0.216. The molecule has 250 valence electrons. The number of hydrogen-bond donors (Lipinski definition) is 4. The Morgan fingerprint density at radius 2 is 1.73 bits per heavy atom. The Balaban J connectivity index is 1.27. The second-order valence-electron chi connectivity index (χ2n) is 17.3. The van der Waals surface area contributed by atoms with Gasteiger partial charge >= 0.3 is 12.1 Å². The van der Waals surface area contributed by atoms with Crippen LogP contribution in [-0.4, -0.2) is 71.5 Å². The Morgan fingerprint density at radius 3 is 2.36 bits per heavy atom. The van der Waals surface area contributed by atoms with Crippen LogP contribution < -0.4 is 11.1 Å². The number of carbonyl (C=O) groups excluding carboxylic acids is 2. The van der Waals surface area contributed by atoms with Crippen molar-refractivity contribution >= 4 is 12.1 Å². The first-order chi connectivity index (χ1) is 20.4. The summed E-state index contributed by atoms with van der Waals surface area (Å²) in [5.74, 6) is 0.857. The zero-order chi connectivity index (χ0) is 32.3. The molecule has 6 aliphatic rings. The van der Waals surface area contributed by atoms with E-state index in [4.69, 9.17) is 19.9 Å². The molecule has 6 rings (SSSR count). The number of amides is 1. The van der Waals surface area contributed by atoms with Gasteiger partial charge in [0.25, 0.3) is 0 Å². The fourth-order valence-corrected chi connectivity index (χ4v) is 12.9. The quantitative estimate of drug-likeness (QED) is 0.318. The number of aliphatic hydroxyl groups is 2. The molecule has 13 atom stereocenters. The van der Waals surface area contributed by atoms with Crippen LogP contribution in [0.5, 0.6) is 0 Å². The molecule has 2 unspecified atom stereocenters. The minimum absolute atomic E-state index is 0.0867. The van der Waals surface area contributed by atoms with Crippen molar-refractivity contribution in [2.75, 3.05) is 13.1 Å². The number of carbonyl (C=O) groups is 2. The molecule has 9 heteroatoms. The van der Waals surface area contributed by atoms with Crippen LogP contribution in [0, 0.1) is 50.7 Å². The predicted octanol–water partition coefficient (Wildman–Crippen LogP) is 4.56. The summed E-state index contributed by atoms with van der Waals surface area (Å²) in [6.07, 6.45) is 5.39. The van der Waals surface area contributed by atoms with E-state index in [9.17, 15) is 19.8 Å². The number of aliphatic hydroxyl groups excluding tert-OH is 1. The van der Waals surface area contributed by atoms with E-state index in [1.165, 1.54) is 19.8 Å². The molecule has 6 fully saturated rings. The summed E-state index contributed by atoms with van der Waals surface area (Å²) in [4.78, 5) is 24.6. The molecular weight excluding hydrogens is 560 g/mol. The molecule has 5 saturated carbocycles. The van der Waals surface area contributed by atoms with Crippen LogP contribution in [0.2, 0.25) is 0 Å². The van der Waals surface area contributed by atoms with Gasteiger partial charge in [0.05, 0.1) is 23.9 Å². The van der Waals surface area contributed by atoms with Gasteiger partial charge in [-0.15, -0.1) is 0 Å². The normalized spacial score (nSPS) is 49.2. The number of rotatable bonds is 6. The molecule has 1 saturated heterocycles. The largest absolute Gasteiger partial charge is 0.457 e. The third-order valence-electron chi connectivity index (χ3n) is 14.8.